The molecule has 2 fully saturated rings. The normalized spacial score (nSPS) is 15.0. The van der Waals surface area contributed by atoms with E-state index in [1.807, 2.05) is 19.3 Å². The monoisotopic (exact) mass is 501 g/mol. The lowest BCUT2D eigenvalue weighted by Gasteiger charge is -2.13. The molecule has 2 aliphatic rings. The molecule has 2 aliphatic carbocycles. The van der Waals surface area contributed by atoms with Gasteiger partial charge in [0.15, 0.2) is 17.1 Å². The van der Waals surface area contributed by atoms with Crippen LogP contribution >= 0.6 is 0 Å². The van der Waals surface area contributed by atoms with Crippen LogP contribution < -0.4 is 25.7 Å². The van der Waals surface area contributed by atoms with Crippen molar-refractivity contribution in [2.24, 2.45) is 20.0 Å². The maximum absolute atomic E-state index is 12.8. The molecule has 0 saturated heterocycles. The van der Waals surface area contributed by atoms with Crippen LogP contribution in [0.15, 0.2) is 41.6 Å². The zero-order chi connectivity index (χ0) is 25.7. The summed E-state index contributed by atoms with van der Waals surface area (Å²) in [6.45, 7) is 0. The molecule has 0 radical (unpaired) electrons. The van der Waals surface area contributed by atoms with Crippen molar-refractivity contribution in [2.75, 3.05) is 17.7 Å². The highest BCUT2D eigenvalue weighted by Crippen LogP contribution is 2.41. The lowest BCUT2D eigenvalue weighted by Crippen LogP contribution is -2.20. The van der Waals surface area contributed by atoms with Crippen LogP contribution in [0.4, 0.5) is 17.5 Å². The summed E-state index contributed by atoms with van der Waals surface area (Å²) >= 11 is 0. The molecule has 2 saturated carbocycles. The quantitative estimate of drug-likeness (QED) is 0.373. The van der Waals surface area contributed by atoms with Crippen molar-refractivity contribution in [3.63, 3.8) is 0 Å². The van der Waals surface area contributed by atoms with Crippen LogP contribution in [-0.4, -0.2) is 37.1 Å². The topological polar surface area (TPSA) is 125 Å². The number of ether oxygens (including phenoxy) is 2. The van der Waals surface area contributed by atoms with Crippen molar-refractivity contribution in [1.29, 1.82) is 0 Å². The Morgan fingerprint density at radius 1 is 1.14 bits per heavy atom. The SMILES string of the molecule is COc1c(Oc2ccnc(NC(=O)C3CC3)c2)cnc2nc(Nc3cc(C4CC4)cn(C)c3=O)n(C)c12. The number of aromatic nitrogens is 5. The largest absolute Gasteiger partial charge is 0.491 e. The minimum atomic E-state index is -0.136. The highest BCUT2D eigenvalue weighted by Gasteiger charge is 2.30. The van der Waals surface area contributed by atoms with Gasteiger partial charge in [0, 0.05) is 38.5 Å². The Hall–Kier alpha value is -4.41. The van der Waals surface area contributed by atoms with E-state index in [9.17, 15) is 9.59 Å². The predicted molar refractivity (Wildman–Crippen MR) is 138 cm³/mol. The highest BCUT2D eigenvalue weighted by atomic mass is 16.5. The first-order valence-electron chi connectivity index (χ1n) is 12.2. The zero-order valence-electron chi connectivity index (χ0n) is 20.8. The van der Waals surface area contributed by atoms with Gasteiger partial charge in [0.1, 0.15) is 22.8 Å². The van der Waals surface area contributed by atoms with Gasteiger partial charge >= 0.3 is 0 Å². The number of hydrogen-bond acceptors (Lipinski definition) is 8. The number of pyridine rings is 3. The summed E-state index contributed by atoms with van der Waals surface area (Å²) in [5.41, 5.74) is 2.51. The molecule has 2 N–H and O–H groups in total. The third-order valence-electron chi connectivity index (χ3n) is 6.68. The Bertz CT molecular complexity index is 1580. The van der Waals surface area contributed by atoms with Crippen LogP contribution in [0.3, 0.4) is 0 Å². The van der Waals surface area contributed by atoms with E-state index in [2.05, 4.69) is 25.6 Å². The van der Waals surface area contributed by atoms with Crippen molar-refractivity contribution >= 4 is 34.5 Å². The molecule has 0 unspecified atom stereocenters. The lowest BCUT2D eigenvalue weighted by molar-refractivity contribution is -0.117. The highest BCUT2D eigenvalue weighted by molar-refractivity contribution is 5.93. The van der Waals surface area contributed by atoms with E-state index in [-0.39, 0.29) is 17.4 Å². The number of imidazole rings is 1. The second kappa shape index (κ2) is 8.91. The maximum Gasteiger partial charge on any atom is 0.274 e. The number of hydrogen-bond donors (Lipinski definition) is 2. The smallest absolute Gasteiger partial charge is 0.274 e. The number of methoxy groups -OCH3 is 1. The number of nitrogens with one attached hydrogen (secondary N) is 2. The Morgan fingerprint density at radius 3 is 2.68 bits per heavy atom. The number of anilines is 3. The van der Waals surface area contributed by atoms with Crippen molar-refractivity contribution < 1.29 is 14.3 Å². The molecular formula is C26H27N7O4. The Labute approximate surface area is 212 Å². The van der Waals surface area contributed by atoms with Crippen LogP contribution in [-0.2, 0) is 18.9 Å². The van der Waals surface area contributed by atoms with Gasteiger partial charge in [-0.05, 0) is 49.3 Å². The summed E-state index contributed by atoms with van der Waals surface area (Å²) < 4.78 is 15.2. The van der Waals surface area contributed by atoms with Crippen molar-refractivity contribution in [3.8, 4) is 17.2 Å². The molecule has 11 heteroatoms. The molecule has 0 atom stereocenters. The summed E-state index contributed by atoms with van der Waals surface area (Å²) in [6.07, 6.45) is 9.10. The summed E-state index contributed by atoms with van der Waals surface area (Å²) in [5, 5.41) is 6.01. The first-order valence-corrected chi connectivity index (χ1v) is 12.2. The molecular weight excluding hydrogens is 474 g/mol. The van der Waals surface area contributed by atoms with Gasteiger partial charge in [0.05, 0.1) is 13.3 Å². The van der Waals surface area contributed by atoms with E-state index < -0.39 is 0 Å². The number of carbonyl (C=O) groups excluding carboxylic acids is 1. The van der Waals surface area contributed by atoms with Crippen LogP contribution in [0.1, 0.15) is 37.2 Å². The van der Waals surface area contributed by atoms with E-state index in [1.165, 1.54) is 6.20 Å². The Morgan fingerprint density at radius 2 is 1.95 bits per heavy atom. The average Bonchev–Trinajstić information content (AvgIpc) is 3.80. The van der Waals surface area contributed by atoms with Gasteiger partial charge in [0.25, 0.3) is 5.56 Å². The fourth-order valence-corrected chi connectivity index (χ4v) is 4.34. The summed E-state index contributed by atoms with van der Waals surface area (Å²) in [6, 6.07) is 5.25. The van der Waals surface area contributed by atoms with Crippen molar-refractivity contribution in [2.45, 2.75) is 31.6 Å². The van der Waals surface area contributed by atoms with Gasteiger partial charge in [-0.3, -0.25) is 9.59 Å². The summed E-state index contributed by atoms with van der Waals surface area (Å²) in [4.78, 5) is 38.1. The zero-order valence-corrected chi connectivity index (χ0v) is 20.8. The van der Waals surface area contributed by atoms with E-state index in [0.717, 1.165) is 31.2 Å². The van der Waals surface area contributed by atoms with Crippen LogP contribution in [0.5, 0.6) is 17.2 Å². The van der Waals surface area contributed by atoms with E-state index >= 15 is 0 Å². The fraction of sp³-hybridized carbons (Fsp3) is 0.346. The van der Waals surface area contributed by atoms with E-state index in [4.69, 9.17) is 9.47 Å². The Kier molecular flexibility index (Phi) is 5.54. The molecule has 4 aromatic heterocycles. The lowest BCUT2D eigenvalue weighted by atomic mass is 10.2. The molecule has 0 aliphatic heterocycles. The van der Waals surface area contributed by atoms with Crippen LogP contribution in [0.25, 0.3) is 11.2 Å². The molecule has 6 rings (SSSR count). The van der Waals surface area contributed by atoms with Crippen molar-refractivity contribution in [1.82, 2.24) is 24.1 Å². The minimum Gasteiger partial charge on any atom is -0.491 e. The summed E-state index contributed by atoms with van der Waals surface area (Å²) in [7, 11) is 5.12. The van der Waals surface area contributed by atoms with Gasteiger partial charge in [-0.2, -0.15) is 4.98 Å². The molecule has 4 aromatic rings. The van der Waals surface area contributed by atoms with Crippen LogP contribution in [0.2, 0.25) is 0 Å². The predicted octanol–water partition coefficient (Wildman–Crippen LogP) is 3.83. The summed E-state index contributed by atoms with van der Waals surface area (Å²) in [5.74, 6) is 2.71. The second-order valence-electron chi connectivity index (χ2n) is 9.57. The molecule has 37 heavy (non-hydrogen) atoms. The van der Waals surface area contributed by atoms with Crippen molar-refractivity contribution in [3.05, 3.63) is 52.7 Å². The first kappa shape index (κ1) is 23.0. The number of nitrogens with zero attached hydrogens (tertiary/aromatic N) is 5. The standard InChI is InChI=1S/C26H27N7O4/c1-32-13-16(14-4-5-14)10-18(25(32)35)29-26-31-23-21(33(26)2)22(36-3)19(12-28-23)37-17-8-9-27-20(11-17)30-24(34)15-6-7-15/h8-15H,4-7H2,1-3H3,(H,27,30,34)(H,28,29,31). The van der Waals surface area contributed by atoms with Gasteiger partial charge in [-0.15, -0.1) is 0 Å². The Balaban J connectivity index is 1.31. The number of rotatable bonds is 8. The van der Waals surface area contributed by atoms with Gasteiger partial charge in [-0.1, -0.05) is 0 Å². The van der Waals surface area contributed by atoms with Gasteiger partial charge in [0.2, 0.25) is 11.9 Å². The molecule has 1 amide bonds. The third kappa shape index (κ3) is 4.48. The molecule has 11 nitrogen and oxygen atoms in total. The fourth-order valence-electron chi connectivity index (χ4n) is 4.34. The first-order chi connectivity index (χ1) is 17.9. The molecule has 0 spiro atoms. The number of amides is 1. The third-order valence-corrected chi connectivity index (χ3v) is 6.68. The van der Waals surface area contributed by atoms with Gasteiger partial charge in [-0.25, -0.2) is 9.97 Å². The molecule has 0 bridgehead atoms. The number of fused-ring (bicyclic) bond motifs is 1. The molecule has 4 heterocycles. The van der Waals surface area contributed by atoms with E-state index in [0.29, 0.717) is 51.8 Å². The van der Waals surface area contributed by atoms with Gasteiger partial charge < -0.3 is 29.2 Å². The maximum atomic E-state index is 12.8. The van der Waals surface area contributed by atoms with E-state index in [1.54, 1.807) is 41.6 Å². The number of aryl methyl sites for hydroxylation is 2. The second-order valence-corrected chi connectivity index (χ2v) is 9.57. The minimum absolute atomic E-state index is 0.0299. The molecule has 190 valence electrons. The molecule has 0 aromatic carbocycles. The average molecular weight is 502 g/mol. The number of carbonyl (C=O) groups is 1. The van der Waals surface area contributed by atoms with Crippen LogP contribution in [0, 0.1) is 5.92 Å².